The van der Waals surface area contributed by atoms with E-state index in [1.807, 2.05) is 30.5 Å². The van der Waals surface area contributed by atoms with Gasteiger partial charge in [0.2, 0.25) is 0 Å². The molecule has 0 heterocycles. The Hall–Kier alpha value is -1.41. The zero-order valence-corrected chi connectivity index (χ0v) is 11.0. The van der Waals surface area contributed by atoms with Crippen molar-refractivity contribution in [1.29, 1.82) is 0 Å². The molecule has 1 nitrogen and oxygen atoms in total. The highest BCUT2D eigenvalue weighted by atomic mass is 32.2. The van der Waals surface area contributed by atoms with Gasteiger partial charge >= 0.3 is 0 Å². The van der Waals surface area contributed by atoms with Crippen LogP contribution in [0.25, 0.3) is 11.1 Å². The number of nitrogens with zero attached hydrogens (tertiary/aromatic N) is 1. The third-order valence-electron chi connectivity index (χ3n) is 2.46. The Labute approximate surface area is 111 Å². The second-order valence-corrected chi connectivity index (χ2v) is 4.51. The van der Waals surface area contributed by atoms with Crippen molar-refractivity contribution in [3.8, 4) is 11.1 Å². The summed E-state index contributed by atoms with van der Waals surface area (Å²) in [5.41, 5.74) is 3.10. The molecular weight excluding hydrogens is 246 g/mol. The van der Waals surface area contributed by atoms with Crippen molar-refractivity contribution in [1.82, 2.24) is 0 Å². The van der Waals surface area contributed by atoms with E-state index in [2.05, 4.69) is 34.4 Å². The maximum absolute atomic E-state index is 4.70. The summed E-state index contributed by atoms with van der Waals surface area (Å²) in [5, 5.41) is 2.44. The van der Waals surface area contributed by atoms with Crippen molar-refractivity contribution in [2.45, 2.75) is 4.90 Å². The monoisotopic (exact) mass is 257 g/mol. The predicted molar refractivity (Wildman–Crippen MR) is 78.3 cm³/mol. The summed E-state index contributed by atoms with van der Waals surface area (Å²) in [6.07, 6.45) is 2.04. The standard InChI is InChI=1S/C14H11NS2/c1-17-12-7-8-13(14(9-12)15-10-16)11-5-3-2-4-6-11/h2-9H,1H3. The minimum Gasteiger partial charge on any atom is -0.194 e. The minimum atomic E-state index is 0.873. The number of thiocarbonyl (C=S) groups is 1. The highest BCUT2D eigenvalue weighted by Crippen LogP contribution is 2.33. The Morgan fingerprint density at radius 1 is 1.12 bits per heavy atom. The smallest absolute Gasteiger partial charge is 0.0829 e. The first-order chi connectivity index (χ1) is 8.35. The third kappa shape index (κ3) is 2.83. The van der Waals surface area contributed by atoms with Crippen LogP contribution in [0.2, 0.25) is 0 Å². The first-order valence-electron chi connectivity index (χ1n) is 5.16. The van der Waals surface area contributed by atoms with Gasteiger partial charge in [0.15, 0.2) is 0 Å². The van der Waals surface area contributed by atoms with E-state index in [0.717, 1.165) is 16.8 Å². The van der Waals surface area contributed by atoms with E-state index in [1.165, 1.54) is 4.90 Å². The highest BCUT2D eigenvalue weighted by molar-refractivity contribution is 7.98. The first kappa shape index (κ1) is 12.1. The van der Waals surface area contributed by atoms with Gasteiger partial charge in [0.1, 0.15) is 0 Å². The van der Waals surface area contributed by atoms with E-state index in [0.29, 0.717) is 0 Å². The third-order valence-corrected chi connectivity index (χ3v) is 3.27. The highest BCUT2D eigenvalue weighted by Gasteiger charge is 2.04. The first-order valence-corrected chi connectivity index (χ1v) is 6.80. The SMILES string of the molecule is CSc1ccc(-c2ccccc2)c(N=C=S)c1. The van der Waals surface area contributed by atoms with Crippen LogP contribution in [0.3, 0.4) is 0 Å². The summed E-state index contributed by atoms with van der Waals surface area (Å²) in [6.45, 7) is 0. The van der Waals surface area contributed by atoms with Gasteiger partial charge in [-0.2, -0.15) is 4.99 Å². The molecule has 2 rings (SSSR count). The zero-order valence-electron chi connectivity index (χ0n) is 9.38. The van der Waals surface area contributed by atoms with Gasteiger partial charge in [0.25, 0.3) is 0 Å². The number of benzene rings is 2. The molecule has 84 valence electrons. The zero-order chi connectivity index (χ0) is 12.1. The van der Waals surface area contributed by atoms with Crippen molar-refractivity contribution < 1.29 is 0 Å². The number of rotatable bonds is 3. The molecule has 0 N–H and O–H groups in total. The summed E-state index contributed by atoms with van der Waals surface area (Å²) >= 11 is 6.39. The van der Waals surface area contributed by atoms with Gasteiger partial charge in [-0.15, -0.1) is 11.8 Å². The lowest BCUT2D eigenvalue weighted by Gasteiger charge is -2.06. The molecule has 0 aliphatic heterocycles. The number of hydrogen-bond acceptors (Lipinski definition) is 3. The van der Waals surface area contributed by atoms with Crippen LogP contribution in [-0.2, 0) is 0 Å². The van der Waals surface area contributed by atoms with Crippen LogP contribution in [0.1, 0.15) is 0 Å². The summed E-state index contributed by atoms with van der Waals surface area (Å²) in [4.78, 5) is 5.32. The van der Waals surface area contributed by atoms with Gasteiger partial charge < -0.3 is 0 Å². The lowest BCUT2D eigenvalue weighted by atomic mass is 10.0. The average molecular weight is 257 g/mol. The number of thioether (sulfide) groups is 1. The molecule has 0 aliphatic rings. The van der Waals surface area contributed by atoms with E-state index in [1.54, 1.807) is 11.8 Å². The lowest BCUT2D eigenvalue weighted by Crippen LogP contribution is -1.79. The Morgan fingerprint density at radius 2 is 1.88 bits per heavy atom. The largest absolute Gasteiger partial charge is 0.194 e. The summed E-state index contributed by atoms with van der Waals surface area (Å²) < 4.78 is 0. The molecule has 0 aromatic heterocycles. The van der Waals surface area contributed by atoms with Gasteiger partial charge in [-0.3, -0.25) is 0 Å². The molecule has 0 saturated heterocycles. The van der Waals surface area contributed by atoms with Crippen molar-refractivity contribution >= 4 is 34.8 Å². The number of hydrogen-bond donors (Lipinski definition) is 0. The molecule has 3 heteroatoms. The maximum Gasteiger partial charge on any atom is 0.0829 e. The molecule has 0 amide bonds. The topological polar surface area (TPSA) is 12.4 Å². The van der Waals surface area contributed by atoms with Gasteiger partial charge in [0, 0.05) is 10.5 Å². The van der Waals surface area contributed by atoms with Crippen molar-refractivity contribution in [3.05, 3.63) is 48.5 Å². The average Bonchev–Trinajstić information content (AvgIpc) is 2.40. The van der Waals surface area contributed by atoms with Gasteiger partial charge in [0.05, 0.1) is 10.8 Å². The Morgan fingerprint density at radius 3 is 2.53 bits per heavy atom. The molecule has 0 radical (unpaired) electrons. The summed E-state index contributed by atoms with van der Waals surface area (Å²) in [5.74, 6) is 0. The molecule has 0 unspecified atom stereocenters. The molecule has 17 heavy (non-hydrogen) atoms. The second-order valence-electron chi connectivity index (χ2n) is 3.45. The van der Waals surface area contributed by atoms with Gasteiger partial charge in [-0.1, -0.05) is 36.4 Å². The fourth-order valence-electron chi connectivity index (χ4n) is 1.64. The summed E-state index contributed by atoms with van der Waals surface area (Å²) in [7, 11) is 0. The fourth-order valence-corrected chi connectivity index (χ4v) is 2.17. The molecule has 0 aliphatic carbocycles. The van der Waals surface area contributed by atoms with Crippen LogP contribution in [0.4, 0.5) is 5.69 Å². The van der Waals surface area contributed by atoms with Crippen LogP contribution < -0.4 is 0 Å². The normalized spacial score (nSPS) is 9.71. The predicted octanol–water partition coefficient (Wildman–Crippen LogP) is 4.81. The van der Waals surface area contributed by atoms with Crippen LogP contribution in [-0.4, -0.2) is 11.4 Å². The molecular formula is C14H11NS2. The van der Waals surface area contributed by atoms with E-state index < -0.39 is 0 Å². The van der Waals surface area contributed by atoms with Gasteiger partial charge in [-0.25, -0.2) is 0 Å². The number of isothiocyanates is 1. The molecule has 0 atom stereocenters. The molecule has 0 spiro atoms. The Kier molecular flexibility index (Phi) is 4.10. The van der Waals surface area contributed by atoms with Crippen molar-refractivity contribution in [2.24, 2.45) is 4.99 Å². The second kappa shape index (κ2) is 5.78. The fraction of sp³-hybridized carbons (Fsp3) is 0.0714. The molecule has 2 aromatic rings. The van der Waals surface area contributed by atoms with E-state index >= 15 is 0 Å². The lowest BCUT2D eigenvalue weighted by molar-refractivity contribution is 1.42. The Bertz CT molecular complexity index is 558. The van der Waals surface area contributed by atoms with Crippen LogP contribution in [0.5, 0.6) is 0 Å². The number of aliphatic imine (C=N–C) groups is 1. The molecule has 0 fully saturated rings. The van der Waals surface area contributed by atoms with Crippen molar-refractivity contribution in [2.75, 3.05) is 6.26 Å². The molecule has 2 aromatic carbocycles. The van der Waals surface area contributed by atoms with E-state index in [9.17, 15) is 0 Å². The Balaban J connectivity index is 2.57. The quantitative estimate of drug-likeness (QED) is 0.444. The van der Waals surface area contributed by atoms with Gasteiger partial charge in [-0.05, 0) is 36.2 Å². The molecule has 0 bridgehead atoms. The molecule has 0 saturated carbocycles. The van der Waals surface area contributed by atoms with Crippen molar-refractivity contribution in [3.63, 3.8) is 0 Å². The van der Waals surface area contributed by atoms with Crippen LogP contribution in [0, 0.1) is 0 Å². The van der Waals surface area contributed by atoms with Crippen LogP contribution >= 0.6 is 24.0 Å². The van der Waals surface area contributed by atoms with Crippen LogP contribution in [0.15, 0.2) is 58.4 Å². The van der Waals surface area contributed by atoms with E-state index in [4.69, 9.17) is 12.2 Å². The maximum atomic E-state index is 4.70. The van der Waals surface area contributed by atoms with E-state index in [-0.39, 0.29) is 0 Å². The summed E-state index contributed by atoms with van der Waals surface area (Å²) in [6, 6.07) is 16.4. The minimum absolute atomic E-state index is 0.873.